The molecular weight excluding hydrogens is 206 g/mol. The molecule has 1 heterocycles. The minimum Gasteiger partial charge on any atom is -1.00 e. The molecule has 1 rings (SSSR count). The standard InChI is InChI=1S/C9H15NOS.ClH/c1-2-8(7-11)10-6-9-4-3-5-12-9;/h3-5,8,10-11H,2,6-7H2,1H3;1H/p-1. The Bertz CT molecular complexity index is 199. The maximum Gasteiger partial charge on any atom is 0.0584 e. The van der Waals surface area contributed by atoms with Crippen molar-refractivity contribution in [3.63, 3.8) is 0 Å². The van der Waals surface area contributed by atoms with Crippen LogP contribution in [0.3, 0.4) is 0 Å². The van der Waals surface area contributed by atoms with Crippen LogP contribution in [-0.4, -0.2) is 17.8 Å². The van der Waals surface area contributed by atoms with Gasteiger partial charge in [-0.05, 0) is 17.9 Å². The van der Waals surface area contributed by atoms with E-state index in [2.05, 4.69) is 23.7 Å². The van der Waals surface area contributed by atoms with Crippen molar-refractivity contribution in [3.05, 3.63) is 22.4 Å². The fraction of sp³-hybridized carbons (Fsp3) is 0.556. The summed E-state index contributed by atoms with van der Waals surface area (Å²) >= 11 is 1.74. The van der Waals surface area contributed by atoms with Gasteiger partial charge in [-0.1, -0.05) is 13.0 Å². The molecule has 0 saturated carbocycles. The Morgan fingerprint density at radius 1 is 1.62 bits per heavy atom. The van der Waals surface area contributed by atoms with E-state index < -0.39 is 0 Å². The fourth-order valence-electron chi connectivity index (χ4n) is 0.996. The molecule has 0 bridgehead atoms. The van der Waals surface area contributed by atoms with Gasteiger partial charge in [0.15, 0.2) is 0 Å². The largest absolute Gasteiger partial charge is 1.00 e. The second-order valence-corrected chi connectivity index (χ2v) is 3.78. The lowest BCUT2D eigenvalue weighted by Crippen LogP contribution is -3.00. The van der Waals surface area contributed by atoms with Crippen LogP contribution in [0.2, 0.25) is 0 Å². The second-order valence-electron chi connectivity index (χ2n) is 2.75. The molecule has 0 amide bonds. The molecule has 0 saturated heterocycles. The predicted molar refractivity (Wildman–Crippen MR) is 52.3 cm³/mol. The van der Waals surface area contributed by atoms with E-state index in [4.69, 9.17) is 5.11 Å². The van der Waals surface area contributed by atoms with Crippen molar-refractivity contribution in [2.45, 2.75) is 25.9 Å². The first-order valence-electron chi connectivity index (χ1n) is 4.23. The number of aliphatic hydroxyl groups excluding tert-OH is 1. The van der Waals surface area contributed by atoms with Crippen LogP contribution in [0.15, 0.2) is 17.5 Å². The van der Waals surface area contributed by atoms with E-state index in [1.54, 1.807) is 11.3 Å². The first-order valence-corrected chi connectivity index (χ1v) is 5.11. The van der Waals surface area contributed by atoms with Crippen LogP contribution in [0.25, 0.3) is 0 Å². The van der Waals surface area contributed by atoms with Crippen LogP contribution in [0.5, 0.6) is 0 Å². The number of hydrogen-bond donors (Lipinski definition) is 2. The Kier molecular flexibility index (Phi) is 7.28. The number of thiophene rings is 1. The Labute approximate surface area is 89.4 Å². The molecule has 2 N–H and O–H groups in total. The molecule has 0 aromatic carbocycles. The topological polar surface area (TPSA) is 32.3 Å². The van der Waals surface area contributed by atoms with Crippen LogP contribution < -0.4 is 17.7 Å². The van der Waals surface area contributed by atoms with Gasteiger partial charge in [-0.25, -0.2) is 0 Å². The summed E-state index contributed by atoms with van der Waals surface area (Å²) in [6, 6.07) is 4.38. The van der Waals surface area contributed by atoms with E-state index in [-0.39, 0.29) is 25.1 Å². The van der Waals surface area contributed by atoms with Gasteiger partial charge in [-0.2, -0.15) is 0 Å². The van der Waals surface area contributed by atoms with Gasteiger partial charge in [0.05, 0.1) is 6.61 Å². The highest BCUT2D eigenvalue weighted by atomic mass is 35.5. The normalized spacial score (nSPS) is 12.2. The highest BCUT2D eigenvalue weighted by Crippen LogP contribution is 2.07. The van der Waals surface area contributed by atoms with Crippen LogP contribution in [-0.2, 0) is 6.54 Å². The van der Waals surface area contributed by atoms with Crippen LogP contribution in [0.1, 0.15) is 18.2 Å². The molecule has 1 atom stereocenters. The van der Waals surface area contributed by atoms with Crippen molar-refractivity contribution in [2.75, 3.05) is 6.61 Å². The third-order valence-electron chi connectivity index (χ3n) is 1.86. The molecule has 4 heteroatoms. The predicted octanol–water partition coefficient (Wildman–Crippen LogP) is -1.39. The van der Waals surface area contributed by atoms with Crippen molar-refractivity contribution in [1.29, 1.82) is 0 Å². The lowest BCUT2D eigenvalue weighted by molar-refractivity contribution is -0.00000348. The van der Waals surface area contributed by atoms with E-state index >= 15 is 0 Å². The van der Waals surface area contributed by atoms with Gasteiger partial charge in [0, 0.05) is 17.5 Å². The summed E-state index contributed by atoms with van der Waals surface area (Å²) < 4.78 is 0. The molecule has 1 aromatic rings. The van der Waals surface area contributed by atoms with E-state index in [0.29, 0.717) is 0 Å². The highest BCUT2D eigenvalue weighted by molar-refractivity contribution is 7.09. The molecule has 76 valence electrons. The molecule has 0 aliphatic rings. The van der Waals surface area contributed by atoms with Gasteiger partial charge < -0.3 is 22.8 Å². The number of nitrogens with one attached hydrogen (secondary N) is 1. The first kappa shape index (κ1) is 12.9. The van der Waals surface area contributed by atoms with E-state index in [1.807, 2.05) is 6.07 Å². The number of halogens is 1. The summed E-state index contributed by atoms with van der Waals surface area (Å²) in [5, 5.41) is 14.2. The molecule has 1 unspecified atom stereocenters. The average Bonchev–Trinajstić information content (AvgIpc) is 2.59. The van der Waals surface area contributed by atoms with Crippen molar-refractivity contribution in [1.82, 2.24) is 5.32 Å². The maximum atomic E-state index is 8.90. The van der Waals surface area contributed by atoms with E-state index in [1.165, 1.54) is 4.88 Å². The SMILES string of the molecule is CCC(CO)NCc1cccs1.[Cl-]. The van der Waals surface area contributed by atoms with E-state index in [0.717, 1.165) is 13.0 Å². The van der Waals surface area contributed by atoms with Gasteiger partial charge >= 0.3 is 0 Å². The molecule has 2 nitrogen and oxygen atoms in total. The Morgan fingerprint density at radius 2 is 2.38 bits per heavy atom. The summed E-state index contributed by atoms with van der Waals surface area (Å²) in [7, 11) is 0. The van der Waals surface area contributed by atoms with Gasteiger partial charge in [0.2, 0.25) is 0 Å². The minimum absolute atomic E-state index is 0. The summed E-state index contributed by atoms with van der Waals surface area (Å²) in [6.07, 6.45) is 0.974. The monoisotopic (exact) mass is 220 g/mol. The molecule has 0 fully saturated rings. The lowest BCUT2D eigenvalue weighted by atomic mass is 10.2. The molecule has 0 aliphatic heterocycles. The van der Waals surface area contributed by atoms with Gasteiger partial charge in [-0.15, -0.1) is 11.3 Å². The Morgan fingerprint density at radius 3 is 2.85 bits per heavy atom. The van der Waals surface area contributed by atoms with Crippen LogP contribution in [0, 0.1) is 0 Å². The molecule has 1 aromatic heterocycles. The highest BCUT2D eigenvalue weighted by Gasteiger charge is 2.02. The summed E-state index contributed by atoms with van der Waals surface area (Å²) in [5.41, 5.74) is 0. The summed E-state index contributed by atoms with van der Waals surface area (Å²) in [6.45, 7) is 3.17. The third-order valence-corrected chi connectivity index (χ3v) is 2.73. The summed E-state index contributed by atoms with van der Waals surface area (Å²) in [5.74, 6) is 0. The van der Waals surface area contributed by atoms with Crippen molar-refractivity contribution in [3.8, 4) is 0 Å². The van der Waals surface area contributed by atoms with Crippen molar-refractivity contribution >= 4 is 11.3 Å². The minimum atomic E-state index is 0. The summed E-state index contributed by atoms with van der Waals surface area (Å²) in [4.78, 5) is 1.32. The molecule has 0 aliphatic carbocycles. The van der Waals surface area contributed by atoms with Gasteiger partial charge in [0.25, 0.3) is 0 Å². The first-order chi connectivity index (χ1) is 5.86. The van der Waals surface area contributed by atoms with Crippen molar-refractivity contribution in [2.24, 2.45) is 0 Å². The van der Waals surface area contributed by atoms with E-state index in [9.17, 15) is 0 Å². The van der Waals surface area contributed by atoms with Crippen molar-refractivity contribution < 1.29 is 17.5 Å². The number of rotatable bonds is 5. The van der Waals surface area contributed by atoms with Crippen LogP contribution >= 0.6 is 11.3 Å². The smallest absolute Gasteiger partial charge is 0.0584 e. The third kappa shape index (κ3) is 4.62. The maximum absolute atomic E-state index is 8.90. The van der Waals surface area contributed by atoms with Gasteiger partial charge in [0.1, 0.15) is 0 Å². The van der Waals surface area contributed by atoms with Gasteiger partial charge in [-0.3, -0.25) is 0 Å². The molecule has 13 heavy (non-hydrogen) atoms. The molecule has 0 spiro atoms. The Hall–Kier alpha value is -0.0900. The molecular formula is C9H15ClNOS-. The second kappa shape index (κ2) is 7.33. The average molecular weight is 221 g/mol. The number of hydrogen-bond acceptors (Lipinski definition) is 3. The quantitative estimate of drug-likeness (QED) is 0.641. The fourth-order valence-corrected chi connectivity index (χ4v) is 1.65. The zero-order valence-corrected chi connectivity index (χ0v) is 9.24. The van der Waals surface area contributed by atoms with Crippen LogP contribution in [0.4, 0.5) is 0 Å². The zero-order valence-electron chi connectivity index (χ0n) is 7.66. The number of aliphatic hydroxyl groups is 1. The zero-order chi connectivity index (χ0) is 8.81. The Balaban J connectivity index is 0.00000144. The molecule has 0 radical (unpaired) electrons. The lowest BCUT2D eigenvalue weighted by Gasteiger charge is -2.12.